The Labute approximate surface area is 407 Å². The topological polar surface area (TPSA) is 66.5 Å². The van der Waals surface area contributed by atoms with Crippen molar-refractivity contribution < 1.29 is 28.5 Å². The van der Waals surface area contributed by atoms with Crippen LogP contribution in [-0.2, 0) is 28.5 Å². The number of fused-ring (bicyclic) bond motifs is 5. The van der Waals surface area contributed by atoms with Crippen LogP contribution < -0.4 is 0 Å². The van der Waals surface area contributed by atoms with Crippen LogP contribution >= 0.6 is 0 Å². The van der Waals surface area contributed by atoms with Crippen molar-refractivity contribution in [2.75, 3.05) is 65.9 Å². The molecule has 5 aliphatic rings. The lowest BCUT2D eigenvalue weighted by molar-refractivity contribution is -0.153. The van der Waals surface area contributed by atoms with Gasteiger partial charge in [-0.3, -0.25) is 0 Å². The zero-order valence-corrected chi connectivity index (χ0v) is 44.1. The third kappa shape index (κ3) is 18.5. The summed E-state index contributed by atoms with van der Waals surface area (Å²) in [5, 5.41) is 0. The molecule has 0 aromatic rings. The van der Waals surface area contributed by atoms with Crippen LogP contribution in [0.5, 0.6) is 0 Å². The molecule has 3 saturated carbocycles. The van der Waals surface area contributed by atoms with Gasteiger partial charge in [-0.15, -0.1) is 0 Å². The number of piperidine rings is 1. The van der Waals surface area contributed by atoms with Gasteiger partial charge in [0.1, 0.15) is 13.2 Å². The van der Waals surface area contributed by atoms with Gasteiger partial charge < -0.3 is 28.6 Å². The fraction of sp³-hybridized carbons (Fsp3) is 0.915. The number of hydrogen-bond acceptors (Lipinski definition) is 7. The van der Waals surface area contributed by atoms with E-state index in [4.69, 9.17) is 23.7 Å². The molecular weight excluding hydrogens is 819 g/mol. The summed E-state index contributed by atoms with van der Waals surface area (Å²) in [4.78, 5) is 15.3. The first-order valence-corrected chi connectivity index (χ1v) is 28.7. The SMILES string of the molecule is CCCCCCCCC=CCCCCCCCCOCC(CN1CCCCC1)OCCOCCOC(=O)CO[C@H]1CCC2(C)C(=CCC3C4CC[C@@H]([C@H](C)CCCC(C)C)C4(C)CC[C@H]32)C1. The Balaban J connectivity index is 0.886. The molecule has 7 heteroatoms. The molecule has 0 amide bonds. The molecule has 66 heavy (non-hydrogen) atoms. The highest BCUT2D eigenvalue weighted by atomic mass is 16.6. The number of carbonyl (C=O) groups is 1. The minimum absolute atomic E-state index is 0.0242. The van der Waals surface area contributed by atoms with Crippen LogP contribution in [0.1, 0.15) is 221 Å². The van der Waals surface area contributed by atoms with E-state index in [1.165, 1.54) is 161 Å². The number of allylic oxidation sites excluding steroid dienone is 3. The molecule has 0 N–H and O–H groups in total. The Morgan fingerprint density at radius 3 is 2.20 bits per heavy atom. The maximum absolute atomic E-state index is 12.7. The first-order valence-electron chi connectivity index (χ1n) is 28.7. The Morgan fingerprint density at radius 1 is 0.742 bits per heavy atom. The quantitative estimate of drug-likeness (QED) is 0.0356. The highest BCUT2D eigenvalue weighted by molar-refractivity contribution is 5.70. The Bertz CT molecular complexity index is 1360. The van der Waals surface area contributed by atoms with E-state index in [0.29, 0.717) is 31.8 Å². The molecule has 7 nitrogen and oxygen atoms in total. The van der Waals surface area contributed by atoms with Crippen molar-refractivity contribution in [3.8, 4) is 0 Å². The van der Waals surface area contributed by atoms with Crippen LogP contribution in [0.25, 0.3) is 0 Å². The minimum Gasteiger partial charge on any atom is -0.462 e. The average Bonchev–Trinajstić information content (AvgIpc) is 3.67. The molecule has 5 rings (SSSR count). The van der Waals surface area contributed by atoms with E-state index in [0.717, 1.165) is 81.0 Å². The van der Waals surface area contributed by atoms with E-state index < -0.39 is 0 Å². The van der Waals surface area contributed by atoms with Crippen LogP contribution in [0.3, 0.4) is 0 Å². The van der Waals surface area contributed by atoms with Gasteiger partial charge in [0, 0.05) is 13.2 Å². The van der Waals surface area contributed by atoms with Crippen LogP contribution in [0.2, 0.25) is 0 Å². The van der Waals surface area contributed by atoms with Crippen LogP contribution in [0.4, 0.5) is 0 Å². The number of unbranched alkanes of at least 4 members (excludes halogenated alkanes) is 12. The molecule has 9 atom stereocenters. The van der Waals surface area contributed by atoms with E-state index in [-0.39, 0.29) is 36.8 Å². The number of carbonyl (C=O) groups excluding carboxylic acids is 1. The normalized spacial score (nSPS) is 28.8. The fourth-order valence-corrected chi connectivity index (χ4v) is 13.9. The van der Waals surface area contributed by atoms with E-state index >= 15 is 0 Å². The molecule has 1 saturated heterocycles. The summed E-state index contributed by atoms with van der Waals surface area (Å²) in [6.45, 7) is 21.2. The number of esters is 1. The van der Waals surface area contributed by atoms with Crippen molar-refractivity contribution in [1.82, 2.24) is 4.90 Å². The molecule has 0 aromatic carbocycles. The van der Waals surface area contributed by atoms with E-state index in [1.807, 2.05) is 0 Å². The molecule has 1 aliphatic heterocycles. The summed E-state index contributed by atoms with van der Waals surface area (Å²) >= 11 is 0. The minimum atomic E-state index is -0.290. The number of ether oxygens (including phenoxy) is 5. The first-order chi connectivity index (χ1) is 32.1. The van der Waals surface area contributed by atoms with E-state index in [2.05, 4.69) is 64.7 Å². The van der Waals surface area contributed by atoms with E-state index in [9.17, 15) is 4.79 Å². The van der Waals surface area contributed by atoms with Gasteiger partial charge in [-0.1, -0.05) is 149 Å². The second-order valence-electron chi connectivity index (χ2n) is 23.2. The van der Waals surface area contributed by atoms with Gasteiger partial charge in [-0.05, 0) is 156 Å². The Morgan fingerprint density at radius 2 is 1.45 bits per heavy atom. The predicted molar refractivity (Wildman–Crippen MR) is 275 cm³/mol. The first kappa shape index (κ1) is 55.7. The maximum Gasteiger partial charge on any atom is 0.332 e. The van der Waals surface area contributed by atoms with Crippen molar-refractivity contribution in [3.05, 3.63) is 23.8 Å². The second kappa shape index (κ2) is 31.2. The van der Waals surface area contributed by atoms with Crippen molar-refractivity contribution in [3.63, 3.8) is 0 Å². The molecule has 4 fully saturated rings. The lowest BCUT2D eigenvalue weighted by Crippen LogP contribution is -2.51. The molecule has 0 radical (unpaired) electrons. The lowest BCUT2D eigenvalue weighted by Gasteiger charge is -2.58. The summed E-state index contributed by atoms with van der Waals surface area (Å²) in [5.41, 5.74) is 2.42. The van der Waals surface area contributed by atoms with E-state index in [1.54, 1.807) is 5.57 Å². The third-order valence-electron chi connectivity index (χ3n) is 17.8. The number of hydrogen-bond donors (Lipinski definition) is 0. The molecule has 1 heterocycles. The molecule has 382 valence electrons. The van der Waals surface area contributed by atoms with Gasteiger partial charge in [0.2, 0.25) is 0 Å². The summed E-state index contributed by atoms with van der Waals surface area (Å²) in [6, 6.07) is 0. The van der Waals surface area contributed by atoms with Gasteiger partial charge in [0.25, 0.3) is 0 Å². The molecule has 0 spiro atoms. The van der Waals surface area contributed by atoms with Crippen LogP contribution in [0, 0.1) is 46.3 Å². The largest absolute Gasteiger partial charge is 0.462 e. The molecule has 0 bridgehead atoms. The van der Waals surface area contributed by atoms with Crippen molar-refractivity contribution in [2.45, 2.75) is 234 Å². The number of nitrogens with zero attached hydrogens (tertiary/aromatic N) is 1. The highest BCUT2D eigenvalue weighted by Crippen LogP contribution is 2.67. The second-order valence-corrected chi connectivity index (χ2v) is 23.2. The van der Waals surface area contributed by atoms with Gasteiger partial charge >= 0.3 is 5.97 Å². The van der Waals surface area contributed by atoms with Gasteiger partial charge in [0.05, 0.1) is 38.6 Å². The fourth-order valence-electron chi connectivity index (χ4n) is 13.9. The van der Waals surface area contributed by atoms with Crippen molar-refractivity contribution in [1.29, 1.82) is 0 Å². The molecule has 0 aromatic heterocycles. The van der Waals surface area contributed by atoms with Gasteiger partial charge in [-0.2, -0.15) is 0 Å². The van der Waals surface area contributed by atoms with Crippen LogP contribution in [0.15, 0.2) is 23.8 Å². The summed E-state index contributed by atoms with van der Waals surface area (Å²) in [7, 11) is 0. The zero-order valence-electron chi connectivity index (χ0n) is 44.1. The summed E-state index contributed by atoms with van der Waals surface area (Å²) < 4.78 is 30.1. The zero-order chi connectivity index (χ0) is 46.9. The monoisotopic (exact) mass is 924 g/mol. The number of likely N-dealkylation sites (tertiary alicyclic amines) is 1. The van der Waals surface area contributed by atoms with Crippen molar-refractivity contribution >= 4 is 5.97 Å². The average molecular weight is 924 g/mol. The summed E-state index contributed by atoms with van der Waals surface area (Å²) in [5.74, 6) is 4.80. The molecular formula is C59H105NO6. The molecule has 5 unspecified atom stereocenters. The Hall–Kier alpha value is -1.25. The standard InChI is InChI=1S/C59H105NO6/c1-7-8-9-10-11-12-13-14-15-16-17-18-19-20-21-25-39-63-46-52(45-60-37-23-22-24-38-60)64-42-40-62-41-43-65-57(61)47-66-51-33-35-58(5)50(44-51)29-30-53-55-32-31-54(49(4)28-26-27-48(2)3)59(55,6)36-34-56(53)58/h14-15,29,48-49,51-56H,7-13,16-28,30-47H2,1-6H3/t49-,51+,52?,53?,54+,55?,56-,58?,59?/m1/s1. The van der Waals surface area contributed by atoms with Gasteiger partial charge in [0.15, 0.2) is 0 Å². The van der Waals surface area contributed by atoms with Crippen LogP contribution in [-0.4, -0.2) is 89.0 Å². The van der Waals surface area contributed by atoms with Gasteiger partial charge in [-0.25, -0.2) is 4.79 Å². The highest BCUT2D eigenvalue weighted by Gasteiger charge is 2.59. The molecule has 4 aliphatic carbocycles. The predicted octanol–water partition coefficient (Wildman–Crippen LogP) is 14.9. The van der Waals surface area contributed by atoms with Crippen molar-refractivity contribution in [2.24, 2.45) is 46.3 Å². The maximum atomic E-state index is 12.7. The lowest BCUT2D eigenvalue weighted by atomic mass is 9.47. The summed E-state index contributed by atoms with van der Waals surface area (Å²) in [6.07, 6.45) is 44.2. The smallest absolute Gasteiger partial charge is 0.332 e. The Kier molecular flexibility index (Phi) is 26.3. The number of rotatable bonds is 35. The third-order valence-corrected chi connectivity index (χ3v) is 17.8.